The molecule has 1 aliphatic heterocycles. The molecule has 0 unspecified atom stereocenters. The van der Waals surface area contributed by atoms with Gasteiger partial charge in [-0.3, -0.25) is 9.59 Å². The molecule has 136 valence electrons. The maximum Gasteiger partial charge on any atom is 0.255 e. The molecule has 0 aromatic heterocycles. The smallest absolute Gasteiger partial charge is 0.255 e. The lowest BCUT2D eigenvalue weighted by atomic mass is 10.0. The Morgan fingerprint density at radius 1 is 1.12 bits per heavy atom. The first kappa shape index (κ1) is 18.1. The van der Waals surface area contributed by atoms with Crippen LogP contribution in [0.2, 0.25) is 0 Å². The number of hydrogen-bond acceptors (Lipinski definition) is 3. The van der Waals surface area contributed by atoms with Crippen LogP contribution in [0.25, 0.3) is 0 Å². The summed E-state index contributed by atoms with van der Waals surface area (Å²) in [4.78, 5) is 27.6. The number of benzene rings is 2. The molecule has 1 aliphatic rings. The van der Waals surface area contributed by atoms with Crippen LogP contribution in [0.4, 0.5) is 0 Å². The summed E-state index contributed by atoms with van der Waals surface area (Å²) in [5.74, 6) is -0.327. The molecule has 0 radical (unpaired) electrons. The second kappa shape index (κ2) is 7.70. The van der Waals surface area contributed by atoms with E-state index in [-0.39, 0.29) is 30.4 Å². The molecular weight excluding hydrogens is 328 g/mol. The van der Waals surface area contributed by atoms with Gasteiger partial charge in [-0.15, -0.1) is 0 Å². The summed E-state index contributed by atoms with van der Waals surface area (Å²) in [6.45, 7) is 4.14. The van der Waals surface area contributed by atoms with E-state index in [0.717, 1.165) is 11.1 Å². The molecule has 5 nitrogen and oxygen atoms in total. The van der Waals surface area contributed by atoms with Crippen LogP contribution < -0.4 is 5.32 Å². The highest BCUT2D eigenvalue weighted by atomic mass is 16.3. The Balaban J connectivity index is 1.93. The Kier molecular flexibility index (Phi) is 5.38. The highest BCUT2D eigenvalue weighted by Crippen LogP contribution is 2.31. The molecule has 0 fully saturated rings. The van der Waals surface area contributed by atoms with Crippen molar-refractivity contribution in [3.8, 4) is 0 Å². The van der Waals surface area contributed by atoms with Crippen LogP contribution in [-0.4, -0.2) is 34.5 Å². The van der Waals surface area contributed by atoms with Gasteiger partial charge in [0.15, 0.2) is 0 Å². The minimum atomic E-state index is -0.733. The number of carbonyl (C=O) groups excluding carboxylic acids is 2. The number of nitrogens with zero attached hydrogens (tertiary/aromatic N) is 1. The van der Waals surface area contributed by atoms with E-state index in [1.807, 2.05) is 62.4 Å². The molecule has 0 aliphatic carbocycles. The summed E-state index contributed by atoms with van der Waals surface area (Å²) < 4.78 is 0. The Morgan fingerprint density at radius 2 is 1.77 bits per heavy atom. The fourth-order valence-corrected chi connectivity index (χ4v) is 3.28. The van der Waals surface area contributed by atoms with E-state index in [2.05, 4.69) is 5.32 Å². The quantitative estimate of drug-likeness (QED) is 0.839. The van der Waals surface area contributed by atoms with Crippen LogP contribution in [0.5, 0.6) is 0 Å². The lowest BCUT2D eigenvalue weighted by Crippen LogP contribution is -2.47. The van der Waals surface area contributed by atoms with Gasteiger partial charge in [0.05, 0.1) is 12.6 Å². The fraction of sp³-hybridized carbons (Fsp3) is 0.333. The largest absolute Gasteiger partial charge is 0.394 e. The number of fused-ring (bicyclic) bond motifs is 1. The zero-order chi connectivity index (χ0) is 18.7. The number of carbonyl (C=O) groups is 2. The first-order valence-corrected chi connectivity index (χ1v) is 8.88. The number of rotatable bonds is 6. The van der Waals surface area contributed by atoms with Crippen LogP contribution in [0, 0.1) is 5.92 Å². The average Bonchev–Trinajstić information content (AvgIpc) is 2.97. The number of aliphatic hydroxyl groups is 1. The fourth-order valence-electron chi connectivity index (χ4n) is 3.28. The van der Waals surface area contributed by atoms with Gasteiger partial charge >= 0.3 is 0 Å². The molecule has 2 amide bonds. The number of hydrogen-bond donors (Lipinski definition) is 2. The minimum Gasteiger partial charge on any atom is -0.394 e. The van der Waals surface area contributed by atoms with Gasteiger partial charge in [-0.25, -0.2) is 0 Å². The van der Waals surface area contributed by atoms with Gasteiger partial charge in [0, 0.05) is 12.1 Å². The zero-order valence-electron chi connectivity index (χ0n) is 15.1. The lowest BCUT2D eigenvalue weighted by molar-refractivity contribution is -0.127. The van der Waals surface area contributed by atoms with Crippen molar-refractivity contribution in [2.75, 3.05) is 6.61 Å². The van der Waals surface area contributed by atoms with Crippen LogP contribution >= 0.6 is 0 Å². The van der Waals surface area contributed by atoms with Crippen molar-refractivity contribution in [1.82, 2.24) is 10.2 Å². The van der Waals surface area contributed by atoms with Crippen LogP contribution in [0.1, 0.15) is 41.4 Å². The van der Waals surface area contributed by atoms with Gasteiger partial charge in [-0.05, 0) is 23.1 Å². The van der Waals surface area contributed by atoms with E-state index < -0.39 is 6.04 Å². The number of aliphatic hydroxyl groups excluding tert-OH is 1. The van der Waals surface area contributed by atoms with Gasteiger partial charge in [0.1, 0.15) is 6.04 Å². The standard InChI is InChI=1S/C21H24N2O3/c1-14(2)18(13-24)22-20(25)19(15-8-4-3-5-9-15)23-12-16-10-6-7-11-17(16)21(23)26/h3-11,14,18-19,24H,12-13H2,1-2H3,(H,22,25)/t18-,19-/m0/s1. The van der Waals surface area contributed by atoms with Gasteiger partial charge in [-0.2, -0.15) is 0 Å². The molecule has 2 N–H and O–H groups in total. The van der Waals surface area contributed by atoms with Crippen LogP contribution in [-0.2, 0) is 11.3 Å². The van der Waals surface area contributed by atoms with Gasteiger partial charge in [0.25, 0.3) is 5.91 Å². The summed E-state index contributed by atoms with van der Waals surface area (Å²) in [6.07, 6.45) is 0. The molecule has 2 aromatic rings. The third-order valence-electron chi connectivity index (χ3n) is 4.85. The van der Waals surface area contributed by atoms with E-state index in [0.29, 0.717) is 12.1 Å². The zero-order valence-corrected chi connectivity index (χ0v) is 15.1. The van der Waals surface area contributed by atoms with Crippen molar-refractivity contribution in [2.24, 2.45) is 5.92 Å². The van der Waals surface area contributed by atoms with Crippen molar-refractivity contribution in [3.63, 3.8) is 0 Å². The molecule has 2 atom stereocenters. The summed E-state index contributed by atoms with van der Waals surface area (Å²) >= 11 is 0. The Morgan fingerprint density at radius 3 is 2.38 bits per heavy atom. The molecular formula is C21H24N2O3. The molecule has 0 saturated heterocycles. The lowest BCUT2D eigenvalue weighted by Gasteiger charge is -2.30. The van der Waals surface area contributed by atoms with Crippen molar-refractivity contribution in [3.05, 3.63) is 71.3 Å². The van der Waals surface area contributed by atoms with Gasteiger partial charge < -0.3 is 15.3 Å². The predicted molar refractivity (Wildman–Crippen MR) is 99.4 cm³/mol. The van der Waals surface area contributed by atoms with E-state index in [1.165, 1.54) is 0 Å². The summed E-state index contributed by atoms with van der Waals surface area (Å²) in [6, 6.07) is 15.6. The third kappa shape index (κ3) is 3.48. The van der Waals surface area contributed by atoms with Gasteiger partial charge in [-0.1, -0.05) is 62.4 Å². The number of amides is 2. The second-order valence-electron chi connectivity index (χ2n) is 6.95. The summed E-state index contributed by atoms with van der Waals surface area (Å²) in [5, 5.41) is 12.5. The first-order valence-electron chi connectivity index (χ1n) is 8.88. The minimum absolute atomic E-state index is 0.0897. The van der Waals surface area contributed by atoms with Gasteiger partial charge in [0.2, 0.25) is 5.91 Å². The number of nitrogens with one attached hydrogen (secondary N) is 1. The maximum absolute atomic E-state index is 13.1. The molecule has 2 aromatic carbocycles. The molecule has 0 saturated carbocycles. The predicted octanol–water partition coefficient (Wildman–Crippen LogP) is 2.52. The average molecular weight is 352 g/mol. The normalized spacial score (nSPS) is 15.7. The topological polar surface area (TPSA) is 69.6 Å². The highest BCUT2D eigenvalue weighted by molar-refractivity contribution is 6.01. The van der Waals surface area contributed by atoms with Crippen molar-refractivity contribution in [1.29, 1.82) is 0 Å². The molecule has 0 bridgehead atoms. The van der Waals surface area contributed by atoms with E-state index in [4.69, 9.17) is 0 Å². The Bertz CT molecular complexity index is 789. The molecule has 3 rings (SSSR count). The molecule has 26 heavy (non-hydrogen) atoms. The molecule has 1 heterocycles. The van der Waals surface area contributed by atoms with Crippen molar-refractivity contribution in [2.45, 2.75) is 32.5 Å². The highest BCUT2D eigenvalue weighted by Gasteiger charge is 2.37. The summed E-state index contributed by atoms with van der Waals surface area (Å²) in [5.41, 5.74) is 2.32. The van der Waals surface area contributed by atoms with Crippen molar-refractivity contribution < 1.29 is 14.7 Å². The van der Waals surface area contributed by atoms with Crippen LogP contribution in [0.15, 0.2) is 54.6 Å². The first-order chi connectivity index (χ1) is 12.5. The monoisotopic (exact) mass is 352 g/mol. The second-order valence-corrected chi connectivity index (χ2v) is 6.95. The van der Waals surface area contributed by atoms with E-state index >= 15 is 0 Å². The van der Waals surface area contributed by atoms with E-state index in [1.54, 1.807) is 11.0 Å². The SMILES string of the molecule is CC(C)[C@H](CO)NC(=O)[C@H](c1ccccc1)N1Cc2ccccc2C1=O. The third-order valence-corrected chi connectivity index (χ3v) is 4.85. The maximum atomic E-state index is 13.1. The Hall–Kier alpha value is -2.66. The van der Waals surface area contributed by atoms with Crippen molar-refractivity contribution >= 4 is 11.8 Å². The van der Waals surface area contributed by atoms with Crippen LogP contribution in [0.3, 0.4) is 0 Å². The molecule has 0 spiro atoms. The molecule has 5 heteroatoms. The Labute approximate surface area is 153 Å². The summed E-state index contributed by atoms with van der Waals surface area (Å²) in [7, 11) is 0. The van der Waals surface area contributed by atoms with E-state index in [9.17, 15) is 14.7 Å².